The molecule has 0 aliphatic carbocycles. The van der Waals surface area contributed by atoms with Gasteiger partial charge in [-0.05, 0) is 24.5 Å². The second-order valence-corrected chi connectivity index (χ2v) is 8.18. The fourth-order valence-electron chi connectivity index (χ4n) is 3.78. The van der Waals surface area contributed by atoms with Crippen LogP contribution in [0.2, 0.25) is 5.02 Å². The van der Waals surface area contributed by atoms with Crippen molar-refractivity contribution in [2.24, 2.45) is 0 Å². The molecule has 0 spiro atoms. The van der Waals surface area contributed by atoms with E-state index < -0.39 is 0 Å². The number of nitrogen functional groups attached to an aromatic ring is 1. The van der Waals surface area contributed by atoms with Gasteiger partial charge in [-0.2, -0.15) is 5.10 Å². The van der Waals surface area contributed by atoms with Crippen LogP contribution in [0.3, 0.4) is 0 Å². The van der Waals surface area contributed by atoms with Crippen LogP contribution >= 0.6 is 11.6 Å². The monoisotopic (exact) mass is 451 g/mol. The molecular weight excluding hydrogens is 430 g/mol. The van der Waals surface area contributed by atoms with E-state index in [1.165, 1.54) is 12.8 Å². The minimum atomic E-state index is -0.311. The van der Waals surface area contributed by atoms with E-state index in [0.29, 0.717) is 29.3 Å². The molecule has 0 saturated carbocycles. The highest BCUT2D eigenvalue weighted by atomic mass is 35.5. The maximum Gasteiger partial charge on any atom is 0.256 e. The van der Waals surface area contributed by atoms with Crippen LogP contribution in [0.15, 0.2) is 37.1 Å². The Morgan fingerprint density at radius 3 is 2.69 bits per heavy atom. The number of nitrogens with two attached hydrogens (primary N) is 1. The molecule has 5 heterocycles. The zero-order valence-corrected chi connectivity index (χ0v) is 18.0. The fraction of sp³-hybridized carbons (Fsp3) is 0.286. The van der Waals surface area contributed by atoms with Crippen molar-refractivity contribution in [2.75, 3.05) is 23.7 Å². The van der Waals surface area contributed by atoms with Gasteiger partial charge in [0.15, 0.2) is 5.82 Å². The molecule has 32 heavy (non-hydrogen) atoms. The van der Waals surface area contributed by atoms with E-state index in [2.05, 4.69) is 35.3 Å². The molecule has 0 atom stereocenters. The van der Waals surface area contributed by atoms with E-state index >= 15 is 0 Å². The number of hydrogen-bond acceptors (Lipinski definition) is 7. The van der Waals surface area contributed by atoms with E-state index in [1.54, 1.807) is 35.7 Å². The molecule has 0 aromatic carbocycles. The number of pyridine rings is 1. The molecule has 1 fully saturated rings. The van der Waals surface area contributed by atoms with Crippen LogP contribution in [0, 0.1) is 0 Å². The van der Waals surface area contributed by atoms with Gasteiger partial charge in [0, 0.05) is 61.6 Å². The normalized spacial score (nSPS) is 13.7. The van der Waals surface area contributed by atoms with Crippen molar-refractivity contribution in [1.82, 2.24) is 35.0 Å². The first-order valence-corrected chi connectivity index (χ1v) is 10.7. The number of carbonyl (C=O) groups excluding carboxylic acids is 1. The molecule has 1 saturated heterocycles. The molecule has 4 aromatic heterocycles. The van der Waals surface area contributed by atoms with Gasteiger partial charge in [-0.25, -0.2) is 15.0 Å². The summed E-state index contributed by atoms with van der Waals surface area (Å²) >= 11 is 6.14. The van der Waals surface area contributed by atoms with E-state index in [-0.39, 0.29) is 11.7 Å². The topological polar surface area (TPSA) is 131 Å². The number of nitrogens with zero attached hydrogens (tertiary/aromatic N) is 6. The largest absolute Gasteiger partial charge is 0.382 e. The summed E-state index contributed by atoms with van der Waals surface area (Å²) in [5.74, 6) is 0.605. The number of carbonyl (C=O) groups is 1. The third-order valence-electron chi connectivity index (χ3n) is 5.45. The van der Waals surface area contributed by atoms with Gasteiger partial charge in [0.05, 0.1) is 11.6 Å². The minimum absolute atomic E-state index is 0.166. The van der Waals surface area contributed by atoms with Crippen LogP contribution < -0.4 is 16.0 Å². The minimum Gasteiger partial charge on any atom is -0.382 e. The van der Waals surface area contributed by atoms with Gasteiger partial charge >= 0.3 is 0 Å². The Balaban J connectivity index is 1.23. The van der Waals surface area contributed by atoms with Crippen molar-refractivity contribution in [3.05, 3.63) is 58.8 Å². The van der Waals surface area contributed by atoms with E-state index in [9.17, 15) is 4.79 Å². The first-order valence-electron chi connectivity index (χ1n) is 10.4. The van der Waals surface area contributed by atoms with Crippen LogP contribution in [-0.2, 0) is 13.1 Å². The van der Waals surface area contributed by atoms with Crippen molar-refractivity contribution in [2.45, 2.75) is 25.9 Å². The lowest BCUT2D eigenvalue weighted by Crippen LogP contribution is -2.23. The van der Waals surface area contributed by atoms with Gasteiger partial charge in [-0.15, -0.1) is 0 Å². The smallest absolute Gasteiger partial charge is 0.256 e. The molecule has 0 bridgehead atoms. The zero-order chi connectivity index (χ0) is 22.1. The first-order chi connectivity index (χ1) is 15.6. The lowest BCUT2D eigenvalue weighted by atomic mass is 10.2. The van der Waals surface area contributed by atoms with Gasteiger partial charge in [-0.1, -0.05) is 11.6 Å². The van der Waals surface area contributed by atoms with Crippen LogP contribution in [-0.4, -0.2) is 48.7 Å². The lowest BCUT2D eigenvalue weighted by molar-refractivity contribution is 0.0951. The molecule has 0 radical (unpaired) electrons. The summed E-state index contributed by atoms with van der Waals surface area (Å²) in [6.07, 6.45) is 10.9. The Morgan fingerprint density at radius 1 is 1.16 bits per heavy atom. The second kappa shape index (κ2) is 8.46. The number of H-pyrrole nitrogens is 1. The summed E-state index contributed by atoms with van der Waals surface area (Å²) in [5.41, 5.74) is 8.71. The number of aromatic nitrogens is 6. The van der Waals surface area contributed by atoms with Gasteiger partial charge in [-0.3, -0.25) is 9.48 Å². The molecule has 164 valence electrons. The average molecular weight is 452 g/mol. The van der Waals surface area contributed by atoms with Crippen LogP contribution in [0.5, 0.6) is 0 Å². The molecule has 1 aliphatic rings. The molecule has 4 N–H and O–H groups in total. The van der Waals surface area contributed by atoms with Crippen LogP contribution in [0.4, 0.5) is 11.8 Å². The third kappa shape index (κ3) is 4.09. The van der Waals surface area contributed by atoms with E-state index in [4.69, 9.17) is 17.3 Å². The molecule has 10 nitrogen and oxygen atoms in total. The number of fused-ring (bicyclic) bond motifs is 1. The van der Waals surface area contributed by atoms with Crippen molar-refractivity contribution < 1.29 is 4.79 Å². The third-order valence-corrected chi connectivity index (χ3v) is 5.76. The van der Waals surface area contributed by atoms with E-state index in [1.807, 2.05) is 6.07 Å². The maximum atomic E-state index is 12.6. The Hall–Kier alpha value is -3.66. The van der Waals surface area contributed by atoms with Gasteiger partial charge in [0.25, 0.3) is 5.91 Å². The van der Waals surface area contributed by atoms with E-state index in [0.717, 1.165) is 35.6 Å². The molecule has 4 aromatic rings. The number of hydrogen-bond donors (Lipinski definition) is 3. The molecule has 1 aliphatic heterocycles. The van der Waals surface area contributed by atoms with Crippen molar-refractivity contribution in [3.63, 3.8) is 0 Å². The zero-order valence-electron chi connectivity index (χ0n) is 17.3. The molecule has 1 amide bonds. The fourth-order valence-corrected chi connectivity index (χ4v) is 3.98. The summed E-state index contributed by atoms with van der Waals surface area (Å²) in [5, 5.41) is 8.51. The Bertz CT molecular complexity index is 1260. The van der Waals surface area contributed by atoms with Crippen molar-refractivity contribution in [3.8, 4) is 0 Å². The summed E-state index contributed by atoms with van der Waals surface area (Å²) in [6, 6.07) is 1.89. The Morgan fingerprint density at radius 2 is 1.91 bits per heavy atom. The number of anilines is 2. The summed E-state index contributed by atoms with van der Waals surface area (Å²) in [6.45, 7) is 2.70. The highest BCUT2D eigenvalue weighted by molar-refractivity contribution is 6.35. The molecule has 5 rings (SSSR count). The molecule has 0 unspecified atom stereocenters. The number of halogens is 1. The van der Waals surface area contributed by atoms with Gasteiger partial charge in [0.2, 0.25) is 5.95 Å². The maximum absolute atomic E-state index is 12.6. The van der Waals surface area contributed by atoms with Gasteiger partial charge < -0.3 is 20.9 Å². The highest BCUT2D eigenvalue weighted by Gasteiger charge is 2.16. The lowest BCUT2D eigenvalue weighted by Gasteiger charge is -2.14. The summed E-state index contributed by atoms with van der Waals surface area (Å²) in [4.78, 5) is 31.0. The second-order valence-electron chi connectivity index (χ2n) is 7.77. The molecule has 11 heteroatoms. The first kappa shape index (κ1) is 20.3. The summed E-state index contributed by atoms with van der Waals surface area (Å²) in [7, 11) is 0. The average Bonchev–Trinajstić information content (AvgIpc) is 3.54. The Labute approximate surface area is 188 Å². The van der Waals surface area contributed by atoms with Gasteiger partial charge in [0.1, 0.15) is 11.2 Å². The van der Waals surface area contributed by atoms with Crippen LogP contribution in [0.25, 0.3) is 11.0 Å². The number of nitrogens with one attached hydrogen (secondary N) is 2. The quantitative estimate of drug-likeness (QED) is 0.410. The van der Waals surface area contributed by atoms with Crippen molar-refractivity contribution >= 4 is 40.3 Å². The summed E-state index contributed by atoms with van der Waals surface area (Å²) < 4.78 is 1.62. The number of amides is 1. The predicted octanol–water partition coefficient (Wildman–Crippen LogP) is 2.36. The Kier molecular flexibility index (Phi) is 5.36. The highest BCUT2D eigenvalue weighted by Crippen LogP contribution is 2.22. The number of rotatable bonds is 6. The molecular formula is C21H22ClN9O. The predicted molar refractivity (Wildman–Crippen MR) is 121 cm³/mol. The van der Waals surface area contributed by atoms with Crippen LogP contribution in [0.1, 0.15) is 34.3 Å². The van der Waals surface area contributed by atoms with Crippen molar-refractivity contribution in [1.29, 1.82) is 0 Å². The standard InChI is InChI=1S/C21H22ClN9O/c22-17-10-25-19-15(17)5-13(6-24-19)7-26-20(32)16-12-31(29-18(16)23)11-14-8-27-21(28-9-14)30-3-1-2-4-30/h5-6,8-10,12H,1-4,7,11H2,(H2,23,29)(H,24,25)(H,26,32). The SMILES string of the molecule is Nc1nn(Cc2cnc(N3CCCC3)nc2)cc1C(=O)NCc1cnc2[nH]cc(Cl)c2c1. The number of aromatic amines is 1.